The van der Waals surface area contributed by atoms with Crippen LogP contribution in [0.15, 0.2) is 30.6 Å². The van der Waals surface area contributed by atoms with Gasteiger partial charge in [0.05, 0.1) is 11.2 Å². The van der Waals surface area contributed by atoms with Crippen LogP contribution in [0.3, 0.4) is 0 Å². The van der Waals surface area contributed by atoms with E-state index >= 15 is 0 Å². The molecule has 176 valence electrons. The second-order valence-corrected chi connectivity index (χ2v) is 8.39. The summed E-state index contributed by atoms with van der Waals surface area (Å²) in [6.45, 7) is -0.444. The van der Waals surface area contributed by atoms with Crippen LogP contribution in [0.4, 0.5) is 24.8 Å². The van der Waals surface area contributed by atoms with E-state index in [1.165, 1.54) is 24.5 Å². The lowest BCUT2D eigenvalue weighted by molar-refractivity contribution is -0.153. The van der Waals surface area contributed by atoms with Gasteiger partial charge in [0, 0.05) is 42.9 Å². The van der Waals surface area contributed by atoms with Crippen LogP contribution >= 0.6 is 11.6 Å². The number of amides is 2. The first-order valence-corrected chi connectivity index (χ1v) is 10.7. The predicted molar refractivity (Wildman–Crippen MR) is 114 cm³/mol. The third-order valence-electron chi connectivity index (χ3n) is 5.24. The lowest BCUT2D eigenvalue weighted by Crippen LogP contribution is -2.37. The second-order valence-electron chi connectivity index (χ2n) is 7.98. The summed E-state index contributed by atoms with van der Waals surface area (Å²) < 4.78 is 41.6. The lowest BCUT2D eigenvalue weighted by Gasteiger charge is -2.20. The van der Waals surface area contributed by atoms with Crippen molar-refractivity contribution in [1.29, 1.82) is 0 Å². The Balaban J connectivity index is 1.33. The number of hydrogen-bond donors (Lipinski definition) is 2. The molecular formula is C21H21ClF3N5O3. The summed E-state index contributed by atoms with van der Waals surface area (Å²) in [5, 5.41) is 5.81. The molecule has 4 rings (SSSR count). The molecular weight excluding hydrogens is 463 g/mol. The Kier molecular flexibility index (Phi) is 6.59. The van der Waals surface area contributed by atoms with Gasteiger partial charge in [0.25, 0.3) is 5.91 Å². The summed E-state index contributed by atoms with van der Waals surface area (Å²) in [5.74, 6) is 0.289. The van der Waals surface area contributed by atoms with E-state index in [-0.39, 0.29) is 34.5 Å². The molecule has 2 N–H and O–H groups in total. The number of hydrogen-bond acceptors (Lipinski definition) is 6. The van der Waals surface area contributed by atoms with Crippen LogP contribution in [0.5, 0.6) is 5.75 Å². The van der Waals surface area contributed by atoms with E-state index in [9.17, 15) is 22.8 Å². The Morgan fingerprint density at radius 2 is 2.00 bits per heavy atom. The van der Waals surface area contributed by atoms with Crippen LogP contribution in [0, 0.1) is 5.92 Å². The monoisotopic (exact) mass is 483 g/mol. The van der Waals surface area contributed by atoms with Gasteiger partial charge in [-0.2, -0.15) is 13.2 Å². The maximum absolute atomic E-state index is 12.7. The molecule has 1 atom stereocenters. The number of carbonyl (C=O) groups is 2. The number of alkyl halides is 3. The molecule has 1 saturated carbocycles. The zero-order valence-corrected chi connectivity index (χ0v) is 18.1. The number of rotatable bonds is 7. The van der Waals surface area contributed by atoms with Crippen molar-refractivity contribution < 1.29 is 27.5 Å². The van der Waals surface area contributed by atoms with Gasteiger partial charge in [0.1, 0.15) is 17.4 Å². The van der Waals surface area contributed by atoms with Gasteiger partial charge in [-0.3, -0.25) is 9.59 Å². The maximum Gasteiger partial charge on any atom is 0.422 e. The number of halogens is 4. The maximum atomic E-state index is 12.7. The van der Waals surface area contributed by atoms with Crippen molar-refractivity contribution in [3.8, 4) is 5.75 Å². The minimum absolute atomic E-state index is 0.0273. The van der Waals surface area contributed by atoms with Gasteiger partial charge in [-0.1, -0.05) is 11.6 Å². The van der Waals surface area contributed by atoms with Gasteiger partial charge in [0.15, 0.2) is 6.61 Å². The molecule has 1 aliphatic heterocycles. The third-order valence-corrected chi connectivity index (χ3v) is 5.52. The van der Waals surface area contributed by atoms with Crippen molar-refractivity contribution in [2.45, 2.75) is 31.5 Å². The van der Waals surface area contributed by atoms with E-state index in [4.69, 9.17) is 11.6 Å². The molecule has 1 saturated heterocycles. The number of pyridine rings is 2. The molecule has 3 heterocycles. The van der Waals surface area contributed by atoms with Crippen molar-refractivity contribution in [2.24, 2.45) is 5.92 Å². The van der Waals surface area contributed by atoms with Crippen LogP contribution in [0.25, 0.3) is 0 Å². The summed E-state index contributed by atoms with van der Waals surface area (Å²) in [6, 6.07) is 4.19. The molecule has 0 spiro atoms. The highest BCUT2D eigenvalue weighted by molar-refractivity contribution is 6.33. The average molecular weight is 484 g/mol. The molecule has 33 heavy (non-hydrogen) atoms. The molecule has 0 radical (unpaired) electrons. The highest BCUT2D eigenvalue weighted by Gasteiger charge is 2.31. The van der Waals surface area contributed by atoms with Gasteiger partial charge < -0.3 is 20.3 Å². The lowest BCUT2D eigenvalue weighted by atomic mass is 10.2. The predicted octanol–water partition coefficient (Wildman–Crippen LogP) is 3.43. The third kappa shape index (κ3) is 6.25. The fourth-order valence-corrected chi connectivity index (χ4v) is 3.72. The smallest absolute Gasteiger partial charge is 0.422 e. The van der Waals surface area contributed by atoms with Crippen molar-refractivity contribution in [3.63, 3.8) is 0 Å². The highest BCUT2D eigenvalue weighted by Crippen LogP contribution is 2.31. The molecule has 0 bridgehead atoms. The van der Waals surface area contributed by atoms with Gasteiger partial charge in [-0.15, -0.1) is 0 Å². The largest absolute Gasteiger partial charge is 0.482 e. The van der Waals surface area contributed by atoms with Crippen LogP contribution in [0.1, 0.15) is 29.6 Å². The summed E-state index contributed by atoms with van der Waals surface area (Å²) in [6.07, 6.45) is 0.562. The highest BCUT2D eigenvalue weighted by atomic mass is 35.5. The number of aromatic nitrogens is 2. The van der Waals surface area contributed by atoms with Crippen LogP contribution in [0.2, 0.25) is 5.02 Å². The average Bonchev–Trinajstić information content (AvgIpc) is 3.52. The Hall–Kier alpha value is -3.08. The SMILES string of the molecule is O=C(NC1CCN(c2ncc(OCC(F)(F)F)cc2Cl)C1)c1ccnc(NC(=O)C2CC2)c1. The van der Waals surface area contributed by atoms with Crippen LogP contribution in [-0.4, -0.2) is 53.7 Å². The fourth-order valence-electron chi connectivity index (χ4n) is 3.44. The number of anilines is 2. The molecule has 8 nitrogen and oxygen atoms in total. The first-order chi connectivity index (χ1) is 15.7. The summed E-state index contributed by atoms with van der Waals surface area (Å²) in [7, 11) is 0. The van der Waals surface area contributed by atoms with Crippen molar-refractivity contribution in [3.05, 3.63) is 41.2 Å². The number of nitrogens with one attached hydrogen (secondary N) is 2. The van der Waals surface area contributed by atoms with Gasteiger partial charge in [0.2, 0.25) is 5.91 Å². The van der Waals surface area contributed by atoms with Gasteiger partial charge >= 0.3 is 6.18 Å². The minimum atomic E-state index is -4.45. The number of nitrogens with zero attached hydrogens (tertiary/aromatic N) is 3. The van der Waals surface area contributed by atoms with E-state index in [0.29, 0.717) is 36.7 Å². The van der Waals surface area contributed by atoms with Crippen LogP contribution in [-0.2, 0) is 4.79 Å². The molecule has 2 aliphatic rings. The number of ether oxygens (including phenoxy) is 1. The van der Waals surface area contributed by atoms with E-state index in [0.717, 1.165) is 12.8 Å². The second kappa shape index (κ2) is 9.42. The van der Waals surface area contributed by atoms with E-state index < -0.39 is 12.8 Å². The van der Waals surface area contributed by atoms with E-state index in [1.807, 2.05) is 4.90 Å². The van der Waals surface area contributed by atoms with Crippen molar-refractivity contribution in [2.75, 3.05) is 29.9 Å². The standard InChI is InChI=1S/C21H21ClF3N5O3/c22-16-8-15(33-11-21(23,24)25)9-27-18(16)30-6-4-14(10-30)28-20(32)13-3-5-26-17(7-13)29-19(31)12-1-2-12/h3,5,7-9,12,14H,1-2,4,6,10-11H2,(H,28,32)(H,26,29,31). The summed E-state index contributed by atoms with van der Waals surface area (Å²) >= 11 is 6.20. The normalized spacial score (nSPS) is 18.2. The first kappa shape index (κ1) is 23.1. The molecule has 2 aromatic heterocycles. The Labute approximate surface area is 192 Å². The molecule has 12 heteroatoms. The molecule has 0 aromatic carbocycles. The summed E-state index contributed by atoms with van der Waals surface area (Å²) in [5.41, 5.74) is 0.372. The van der Waals surface area contributed by atoms with Crippen molar-refractivity contribution >= 4 is 35.1 Å². The molecule has 1 aliphatic carbocycles. The van der Waals surface area contributed by atoms with Crippen LogP contribution < -0.4 is 20.3 Å². The van der Waals surface area contributed by atoms with Crippen molar-refractivity contribution in [1.82, 2.24) is 15.3 Å². The molecule has 2 fully saturated rings. The van der Waals surface area contributed by atoms with Gasteiger partial charge in [-0.25, -0.2) is 9.97 Å². The van der Waals surface area contributed by atoms with Gasteiger partial charge in [-0.05, 0) is 31.4 Å². The Bertz CT molecular complexity index is 1050. The zero-order chi connectivity index (χ0) is 23.6. The quantitative estimate of drug-likeness (QED) is 0.626. The topological polar surface area (TPSA) is 96.5 Å². The molecule has 1 unspecified atom stereocenters. The Morgan fingerprint density at radius 3 is 2.70 bits per heavy atom. The van der Waals surface area contributed by atoms with E-state index in [2.05, 4.69) is 25.3 Å². The fraction of sp³-hybridized carbons (Fsp3) is 0.429. The molecule has 2 amide bonds. The first-order valence-electron chi connectivity index (χ1n) is 10.4. The molecule has 2 aromatic rings. The minimum Gasteiger partial charge on any atom is -0.482 e. The zero-order valence-electron chi connectivity index (χ0n) is 17.4. The number of carbonyl (C=O) groups excluding carboxylic acids is 2. The van der Waals surface area contributed by atoms with E-state index in [1.54, 1.807) is 6.07 Å². The summed E-state index contributed by atoms with van der Waals surface area (Å²) in [4.78, 5) is 34.6. The Morgan fingerprint density at radius 1 is 1.21 bits per heavy atom.